The Kier molecular flexibility index (Phi) is 2.83. The molecule has 3 rings (SSSR count). The number of benzene rings is 1. The monoisotopic (exact) mass is 231 g/mol. The Morgan fingerprint density at radius 1 is 1.41 bits per heavy atom. The van der Waals surface area contributed by atoms with Crippen LogP contribution in [0, 0.1) is 11.8 Å². The van der Waals surface area contributed by atoms with Crippen LogP contribution < -0.4 is 5.32 Å². The summed E-state index contributed by atoms with van der Waals surface area (Å²) in [7, 11) is 0. The lowest BCUT2D eigenvalue weighted by Gasteiger charge is -2.26. The van der Waals surface area contributed by atoms with E-state index in [2.05, 4.69) is 18.3 Å². The Hall–Kier alpha value is -1.02. The summed E-state index contributed by atoms with van der Waals surface area (Å²) < 4.78 is 0. The fourth-order valence-corrected chi connectivity index (χ4v) is 2.99. The fourth-order valence-electron chi connectivity index (χ4n) is 2.99. The highest BCUT2D eigenvalue weighted by Crippen LogP contribution is 2.38. The first-order valence-corrected chi connectivity index (χ1v) is 6.79. The van der Waals surface area contributed by atoms with Crippen molar-refractivity contribution in [1.29, 1.82) is 0 Å². The second-order valence-electron chi connectivity index (χ2n) is 5.71. The molecule has 0 radical (unpaired) electrons. The van der Waals surface area contributed by atoms with Crippen molar-refractivity contribution >= 4 is 0 Å². The zero-order valence-corrected chi connectivity index (χ0v) is 10.4. The van der Waals surface area contributed by atoms with Crippen molar-refractivity contribution in [3.63, 3.8) is 0 Å². The van der Waals surface area contributed by atoms with Crippen LogP contribution in [0.3, 0.4) is 0 Å². The molecule has 0 bridgehead atoms. The van der Waals surface area contributed by atoms with Crippen LogP contribution in [0.2, 0.25) is 0 Å². The maximum Gasteiger partial charge on any atom is 0.115 e. The largest absolute Gasteiger partial charge is 0.508 e. The summed E-state index contributed by atoms with van der Waals surface area (Å²) in [5, 5.41) is 13.2. The van der Waals surface area contributed by atoms with Gasteiger partial charge in [-0.25, -0.2) is 0 Å². The van der Waals surface area contributed by atoms with Gasteiger partial charge in [0.15, 0.2) is 0 Å². The third kappa shape index (κ3) is 2.32. The third-order valence-corrected chi connectivity index (χ3v) is 4.34. The van der Waals surface area contributed by atoms with E-state index in [1.165, 1.54) is 30.4 Å². The standard InChI is InChI=1S/C15H21NO/c1-10-7-12(10)9-16-15-4-2-3-11-8-13(17)5-6-14(11)15/h5-6,8,10,12,15-17H,2-4,7,9H2,1H3. The van der Waals surface area contributed by atoms with Crippen LogP contribution in [0.25, 0.3) is 0 Å². The average Bonchev–Trinajstić information content (AvgIpc) is 3.02. The maximum atomic E-state index is 9.52. The molecule has 2 heteroatoms. The zero-order chi connectivity index (χ0) is 11.8. The molecule has 0 aliphatic heterocycles. The first kappa shape index (κ1) is 11.1. The molecule has 3 atom stereocenters. The highest BCUT2D eigenvalue weighted by molar-refractivity contribution is 5.38. The van der Waals surface area contributed by atoms with Gasteiger partial charge in [0.2, 0.25) is 0 Å². The summed E-state index contributed by atoms with van der Waals surface area (Å²) in [5.41, 5.74) is 2.74. The number of rotatable bonds is 3. The third-order valence-electron chi connectivity index (χ3n) is 4.34. The van der Waals surface area contributed by atoms with E-state index in [0.717, 1.165) is 24.8 Å². The summed E-state index contributed by atoms with van der Waals surface area (Å²) in [5.74, 6) is 2.23. The van der Waals surface area contributed by atoms with E-state index in [-0.39, 0.29) is 0 Å². The van der Waals surface area contributed by atoms with E-state index in [0.29, 0.717) is 11.8 Å². The molecule has 0 saturated heterocycles. The smallest absolute Gasteiger partial charge is 0.115 e. The first-order valence-electron chi connectivity index (χ1n) is 6.79. The van der Waals surface area contributed by atoms with Crippen molar-refractivity contribution in [2.24, 2.45) is 11.8 Å². The number of phenolic OH excluding ortho intramolecular Hbond substituents is 1. The van der Waals surface area contributed by atoms with E-state index in [9.17, 15) is 5.11 Å². The van der Waals surface area contributed by atoms with Gasteiger partial charge in [0.05, 0.1) is 0 Å². The van der Waals surface area contributed by atoms with Crippen molar-refractivity contribution in [1.82, 2.24) is 5.32 Å². The predicted octanol–water partition coefficient (Wildman–Crippen LogP) is 3.02. The van der Waals surface area contributed by atoms with Crippen LogP contribution >= 0.6 is 0 Å². The number of fused-ring (bicyclic) bond motifs is 1. The molecule has 0 spiro atoms. The number of aryl methyl sites for hydroxylation is 1. The van der Waals surface area contributed by atoms with Crippen LogP contribution in [0.1, 0.15) is 43.4 Å². The molecule has 0 aromatic heterocycles. The molecule has 1 saturated carbocycles. The molecule has 1 aromatic rings. The second-order valence-corrected chi connectivity index (χ2v) is 5.71. The molecule has 92 valence electrons. The summed E-state index contributed by atoms with van der Waals surface area (Å²) in [6.45, 7) is 3.49. The molecule has 2 aliphatic carbocycles. The quantitative estimate of drug-likeness (QED) is 0.838. The minimum atomic E-state index is 0.403. The number of hydrogen-bond donors (Lipinski definition) is 2. The van der Waals surface area contributed by atoms with E-state index in [1.54, 1.807) is 0 Å². The van der Waals surface area contributed by atoms with Gasteiger partial charge in [-0.05, 0) is 67.3 Å². The molecule has 1 fully saturated rings. The summed E-state index contributed by atoms with van der Waals surface area (Å²) in [6, 6.07) is 6.35. The second kappa shape index (κ2) is 4.34. The van der Waals surface area contributed by atoms with Gasteiger partial charge in [0, 0.05) is 6.04 Å². The van der Waals surface area contributed by atoms with E-state index in [4.69, 9.17) is 0 Å². The lowest BCUT2D eigenvalue weighted by atomic mass is 9.87. The molecule has 2 N–H and O–H groups in total. The molecule has 17 heavy (non-hydrogen) atoms. The number of nitrogens with one attached hydrogen (secondary N) is 1. The van der Waals surface area contributed by atoms with Crippen LogP contribution in [0.4, 0.5) is 0 Å². The molecule has 3 unspecified atom stereocenters. The van der Waals surface area contributed by atoms with E-state index < -0.39 is 0 Å². The van der Waals surface area contributed by atoms with Crippen LogP contribution in [-0.4, -0.2) is 11.7 Å². The Balaban J connectivity index is 1.70. The van der Waals surface area contributed by atoms with Crippen molar-refractivity contribution in [3.8, 4) is 5.75 Å². The van der Waals surface area contributed by atoms with Gasteiger partial charge in [0.1, 0.15) is 5.75 Å². The zero-order valence-electron chi connectivity index (χ0n) is 10.4. The van der Waals surface area contributed by atoms with Crippen LogP contribution in [-0.2, 0) is 6.42 Å². The van der Waals surface area contributed by atoms with E-state index >= 15 is 0 Å². The van der Waals surface area contributed by atoms with Gasteiger partial charge in [-0.1, -0.05) is 13.0 Å². The molecule has 1 aromatic carbocycles. The van der Waals surface area contributed by atoms with Gasteiger partial charge < -0.3 is 10.4 Å². The predicted molar refractivity (Wildman–Crippen MR) is 69.1 cm³/mol. The summed E-state index contributed by atoms with van der Waals surface area (Å²) >= 11 is 0. The lowest BCUT2D eigenvalue weighted by Crippen LogP contribution is -2.27. The molecular formula is C15H21NO. The molecule has 2 nitrogen and oxygen atoms in total. The minimum Gasteiger partial charge on any atom is -0.508 e. The topological polar surface area (TPSA) is 32.3 Å². The number of hydrogen-bond acceptors (Lipinski definition) is 2. The van der Waals surface area contributed by atoms with Crippen molar-refractivity contribution < 1.29 is 5.11 Å². The van der Waals surface area contributed by atoms with Crippen LogP contribution in [0.15, 0.2) is 18.2 Å². The van der Waals surface area contributed by atoms with Crippen molar-refractivity contribution in [3.05, 3.63) is 29.3 Å². The van der Waals surface area contributed by atoms with Crippen molar-refractivity contribution in [2.75, 3.05) is 6.54 Å². The highest BCUT2D eigenvalue weighted by atomic mass is 16.3. The molecule has 0 amide bonds. The van der Waals surface area contributed by atoms with Gasteiger partial charge in [0.25, 0.3) is 0 Å². The van der Waals surface area contributed by atoms with Gasteiger partial charge in [-0.3, -0.25) is 0 Å². The van der Waals surface area contributed by atoms with Gasteiger partial charge >= 0.3 is 0 Å². The summed E-state index contributed by atoms with van der Waals surface area (Å²) in [4.78, 5) is 0. The van der Waals surface area contributed by atoms with E-state index in [1.807, 2.05) is 12.1 Å². The Morgan fingerprint density at radius 2 is 2.24 bits per heavy atom. The maximum absolute atomic E-state index is 9.52. The minimum absolute atomic E-state index is 0.403. The lowest BCUT2D eigenvalue weighted by molar-refractivity contribution is 0.439. The molecular weight excluding hydrogens is 210 g/mol. The summed E-state index contributed by atoms with van der Waals surface area (Å²) in [6.07, 6.45) is 4.97. The Labute approximate surface area is 103 Å². The van der Waals surface area contributed by atoms with Crippen LogP contribution in [0.5, 0.6) is 5.75 Å². The van der Waals surface area contributed by atoms with Gasteiger partial charge in [-0.15, -0.1) is 0 Å². The average molecular weight is 231 g/mol. The van der Waals surface area contributed by atoms with Gasteiger partial charge in [-0.2, -0.15) is 0 Å². The SMILES string of the molecule is CC1CC1CNC1CCCc2cc(O)ccc21. The number of aromatic hydroxyl groups is 1. The fraction of sp³-hybridized carbons (Fsp3) is 0.600. The Morgan fingerprint density at radius 3 is 3.00 bits per heavy atom. The normalized spacial score (nSPS) is 31.0. The highest BCUT2D eigenvalue weighted by Gasteiger charge is 2.33. The number of phenols is 1. The Bertz CT molecular complexity index is 415. The molecule has 2 aliphatic rings. The van der Waals surface area contributed by atoms with Crippen molar-refractivity contribution in [2.45, 2.75) is 38.6 Å². The first-order chi connectivity index (χ1) is 8.24. The molecule has 0 heterocycles.